The lowest BCUT2D eigenvalue weighted by atomic mass is 10.6. The van der Waals surface area contributed by atoms with Crippen molar-refractivity contribution in [2.24, 2.45) is 11.5 Å². The molecule has 0 bridgehead atoms. The second-order valence-electron chi connectivity index (χ2n) is 1.33. The van der Waals surface area contributed by atoms with E-state index in [1.165, 1.54) is 0 Å². The minimum atomic E-state index is 0. The lowest BCUT2D eigenvalue weighted by Gasteiger charge is -1.95. The van der Waals surface area contributed by atoms with Crippen LogP contribution in [0.4, 0.5) is 0 Å². The first-order chi connectivity index (χ1) is 3.41. The van der Waals surface area contributed by atoms with Crippen LogP contribution < -0.4 is 29.1 Å². The van der Waals surface area contributed by atoms with Crippen LogP contribution in [-0.2, 0) is 0 Å². The summed E-state index contributed by atoms with van der Waals surface area (Å²) in [6.45, 7) is 3.13. The number of hydrogen-bond donors (Lipinski definition) is 5. The summed E-state index contributed by atoms with van der Waals surface area (Å²) in [7, 11) is 0. The summed E-state index contributed by atoms with van der Waals surface area (Å²) in [5.74, 6) is 0. The van der Waals surface area contributed by atoms with Crippen LogP contribution in [0.2, 0.25) is 0 Å². The van der Waals surface area contributed by atoms with E-state index in [9.17, 15) is 0 Å². The zero-order valence-electron chi connectivity index (χ0n) is 5.90. The Bertz CT molecular complexity index is 28.1. The van der Waals surface area contributed by atoms with Crippen LogP contribution in [-0.4, -0.2) is 26.2 Å². The monoisotopic (exact) mass is 137 g/mol. The third-order valence-corrected chi connectivity index (χ3v) is 0.642. The molecule has 0 unspecified atom stereocenters. The predicted molar refractivity (Wildman–Crippen MR) is 41.0 cm³/mol. The van der Waals surface area contributed by atoms with Crippen molar-refractivity contribution in [1.82, 2.24) is 17.6 Å². The predicted octanol–water partition coefficient (Wildman–Crippen LogP) is -1.18. The Morgan fingerprint density at radius 2 is 1.22 bits per heavy atom. The average Bonchev–Trinajstić information content (AvgIpc) is 1.69. The minimum absolute atomic E-state index is 0. The topological polar surface area (TPSA) is 134 Å². The van der Waals surface area contributed by atoms with Gasteiger partial charge in [-0.3, -0.25) is 0 Å². The Balaban J connectivity index is -0.000000180. The molecule has 60 valence electrons. The molecule has 11 N–H and O–H groups in total. The quantitative estimate of drug-likeness (QED) is 0.311. The summed E-state index contributed by atoms with van der Waals surface area (Å²) in [5.41, 5.74) is 10.3. The van der Waals surface area contributed by atoms with E-state index in [2.05, 4.69) is 5.32 Å². The molecule has 0 spiro atoms. The molecule has 9 heavy (non-hydrogen) atoms. The third-order valence-electron chi connectivity index (χ3n) is 0.642. The highest BCUT2D eigenvalue weighted by atomic mass is 14.9. The summed E-state index contributed by atoms with van der Waals surface area (Å²) < 4.78 is 0. The van der Waals surface area contributed by atoms with Crippen molar-refractivity contribution in [3.63, 3.8) is 0 Å². The lowest BCUT2D eigenvalue weighted by molar-refractivity contribution is 0.696. The van der Waals surface area contributed by atoms with Gasteiger partial charge in [0.05, 0.1) is 0 Å². The van der Waals surface area contributed by atoms with Crippen molar-refractivity contribution < 1.29 is 0 Å². The van der Waals surface area contributed by atoms with Crippen LogP contribution in [0, 0.1) is 0 Å². The maximum absolute atomic E-state index is 5.17. The number of nitrogens with two attached hydrogens (primary N) is 2. The van der Waals surface area contributed by atoms with Gasteiger partial charge in [-0.25, -0.2) is 0 Å². The van der Waals surface area contributed by atoms with E-state index in [0.717, 1.165) is 13.1 Å². The zero-order chi connectivity index (χ0) is 5.54. The van der Waals surface area contributed by atoms with E-state index >= 15 is 0 Å². The van der Waals surface area contributed by atoms with E-state index in [0.29, 0.717) is 13.1 Å². The Kier molecular flexibility index (Phi) is 27.7. The molecule has 0 aliphatic rings. The fourth-order valence-electron chi connectivity index (χ4n) is 0.329. The summed E-state index contributed by atoms with van der Waals surface area (Å²) in [4.78, 5) is 0. The van der Waals surface area contributed by atoms with Crippen molar-refractivity contribution in [3.05, 3.63) is 0 Å². The number of hydrogen-bond acceptors (Lipinski definition) is 5. The van der Waals surface area contributed by atoms with Crippen molar-refractivity contribution in [1.29, 1.82) is 0 Å². The van der Waals surface area contributed by atoms with Gasteiger partial charge in [0.15, 0.2) is 0 Å². The third kappa shape index (κ3) is 18.2. The normalized spacial score (nSPS) is 7.33. The molecule has 5 nitrogen and oxygen atoms in total. The SMILES string of the molecule is N.N.NCCNCCN. The highest BCUT2D eigenvalue weighted by Crippen LogP contribution is 1.49. The highest BCUT2D eigenvalue weighted by Gasteiger charge is 1.76. The van der Waals surface area contributed by atoms with Gasteiger partial charge in [0.1, 0.15) is 0 Å². The standard InChI is InChI=1S/C4H13N3.2H3N/c5-1-3-7-4-2-6;;/h7H,1-6H2;2*1H3. The molecular weight excluding hydrogens is 118 g/mol. The van der Waals surface area contributed by atoms with Gasteiger partial charge in [-0.05, 0) is 0 Å². The molecule has 5 heteroatoms. The Hall–Kier alpha value is -0.200. The van der Waals surface area contributed by atoms with Crippen molar-refractivity contribution in [2.45, 2.75) is 0 Å². The van der Waals surface area contributed by atoms with Gasteiger partial charge in [-0.2, -0.15) is 0 Å². The molecule has 0 aliphatic heterocycles. The van der Waals surface area contributed by atoms with Crippen LogP contribution in [0.3, 0.4) is 0 Å². The Morgan fingerprint density at radius 1 is 0.889 bits per heavy atom. The van der Waals surface area contributed by atoms with Gasteiger partial charge >= 0.3 is 0 Å². The maximum Gasteiger partial charge on any atom is 0.00750 e. The molecule has 0 aromatic rings. The first-order valence-electron chi connectivity index (χ1n) is 2.52. The molecule has 0 amide bonds. The van der Waals surface area contributed by atoms with E-state index in [1.54, 1.807) is 0 Å². The van der Waals surface area contributed by atoms with E-state index in [1.807, 2.05) is 0 Å². The van der Waals surface area contributed by atoms with Gasteiger partial charge < -0.3 is 29.1 Å². The van der Waals surface area contributed by atoms with Crippen LogP contribution in [0.5, 0.6) is 0 Å². The first-order valence-corrected chi connectivity index (χ1v) is 2.52. The molecule has 0 radical (unpaired) electrons. The van der Waals surface area contributed by atoms with Crippen molar-refractivity contribution in [2.75, 3.05) is 26.2 Å². The fraction of sp³-hybridized carbons (Fsp3) is 1.00. The number of rotatable bonds is 4. The van der Waals surface area contributed by atoms with Gasteiger partial charge in [0.25, 0.3) is 0 Å². The van der Waals surface area contributed by atoms with Gasteiger partial charge in [0, 0.05) is 26.2 Å². The molecule has 0 aromatic heterocycles. The van der Waals surface area contributed by atoms with E-state index in [4.69, 9.17) is 11.5 Å². The smallest absolute Gasteiger partial charge is 0.00750 e. The van der Waals surface area contributed by atoms with Crippen LogP contribution in [0.15, 0.2) is 0 Å². The molecule has 0 aliphatic carbocycles. The van der Waals surface area contributed by atoms with Crippen LogP contribution in [0.1, 0.15) is 0 Å². The summed E-state index contributed by atoms with van der Waals surface area (Å²) in [5, 5.41) is 3.03. The highest BCUT2D eigenvalue weighted by molar-refractivity contribution is 4.45. The van der Waals surface area contributed by atoms with E-state index < -0.39 is 0 Å². The Morgan fingerprint density at radius 3 is 1.44 bits per heavy atom. The second-order valence-corrected chi connectivity index (χ2v) is 1.33. The fourth-order valence-corrected chi connectivity index (χ4v) is 0.329. The molecule has 0 fully saturated rings. The second kappa shape index (κ2) is 15.7. The first kappa shape index (κ1) is 15.9. The van der Waals surface area contributed by atoms with E-state index in [-0.39, 0.29) is 12.3 Å². The van der Waals surface area contributed by atoms with Gasteiger partial charge in [-0.15, -0.1) is 0 Å². The van der Waals surface area contributed by atoms with Crippen molar-refractivity contribution in [3.8, 4) is 0 Å². The zero-order valence-corrected chi connectivity index (χ0v) is 5.90. The summed E-state index contributed by atoms with van der Waals surface area (Å²) in [6, 6.07) is 0. The number of nitrogens with one attached hydrogen (secondary N) is 1. The summed E-state index contributed by atoms with van der Waals surface area (Å²) in [6.07, 6.45) is 0. The van der Waals surface area contributed by atoms with Crippen LogP contribution in [0.25, 0.3) is 0 Å². The molecular formula is C4H19N5. The van der Waals surface area contributed by atoms with Crippen molar-refractivity contribution >= 4 is 0 Å². The molecule has 0 saturated carbocycles. The molecule has 0 heterocycles. The van der Waals surface area contributed by atoms with Crippen LogP contribution >= 0.6 is 0 Å². The average molecular weight is 137 g/mol. The Labute approximate surface area is 56.3 Å². The largest absolute Gasteiger partial charge is 0.344 e. The van der Waals surface area contributed by atoms with Gasteiger partial charge in [-0.1, -0.05) is 0 Å². The summed E-state index contributed by atoms with van der Waals surface area (Å²) >= 11 is 0. The van der Waals surface area contributed by atoms with Gasteiger partial charge in [0.2, 0.25) is 0 Å². The maximum atomic E-state index is 5.17. The lowest BCUT2D eigenvalue weighted by Crippen LogP contribution is -2.27. The molecule has 0 saturated heterocycles. The molecule has 0 atom stereocenters. The molecule has 0 rings (SSSR count). The molecule has 0 aromatic carbocycles. The minimum Gasteiger partial charge on any atom is -0.344 e.